The van der Waals surface area contributed by atoms with Gasteiger partial charge in [0.2, 0.25) is 0 Å². The van der Waals surface area contributed by atoms with Gasteiger partial charge < -0.3 is 14.9 Å². The quantitative estimate of drug-likeness (QED) is 0.722. The van der Waals surface area contributed by atoms with Gasteiger partial charge in [-0.2, -0.15) is 0 Å². The van der Waals surface area contributed by atoms with Crippen molar-refractivity contribution < 1.29 is 29.3 Å². The van der Waals surface area contributed by atoms with Crippen molar-refractivity contribution in [3.63, 3.8) is 0 Å². The number of carboxylic acid groups (broad SMARTS) is 2. The fourth-order valence-corrected chi connectivity index (χ4v) is 3.24. The van der Waals surface area contributed by atoms with Gasteiger partial charge in [-0.15, -0.1) is 0 Å². The molecule has 1 aliphatic carbocycles. The van der Waals surface area contributed by atoms with Crippen molar-refractivity contribution >= 4 is 18.0 Å². The number of ether oxygens (including phenoxy) is 1. The fraction of sp³-hybridized carbons (Fsp3) is 0.833. The molecule has 0 heterocycles. The van der Waals surface area contributed by atoms with Crippen LogP contribution in [0.3, 0.4) is 0 Å². The molecule has 7 heteroatoms. The monoisotopic (exact) mass is 357 g/mol. The second-order valence-corrected chi connectivity index (χ2v) is 7.84. The smallest absolute Gasteiger partial charge is 0.411 e. The molecule has 2 N–H and O–H groups in total. The first-order valence-electron chi connectivity index (χ1n) is 9.00. The van der Waals surface area contributed by atoms with E-state index < -0.39 is 35.7 Å². The Hall–Kier alpha value is -1.79. The van der Waals surface area contributed by atoms with E-state index in [0.29, 0.717) is 12.3 Å². The summed E-state index contributed by atoms with van der Waals surface area (Å²) in [5, 5.41) is 18.9. The average molecular weight is 357 g/mol. The number of carboxylic acids is 2. The van der Waals surface area contributed by atoms with Crippen LogP contribution in [0.1, 0.15) is 72.6 Å². The molecule has 1 amide bonds. The third-order valence-electron chi connectivity index (χ3n) is 4.57. The van der Waals surface area contributed by atoms with E-state index in [-0.39, 0.29) is 6.42 Å². The van der Waals surface area contributed by atoms with E-state index in [1.54, 1.807) is 20.8 Å². The second-order valence-electron chi connectivity index (χ2n) is 7.84. The van der Waals surface area contributed by atoms with E-state index in [4.69, 9.17) is 4.74 Å². The summed E-state index contributed by atoms with van der Waals surface area (Å²) in [4.78, 5) is 36.5. The average Bonchev–Trinajstić information content (AvgIpc) is 2.49. The number of carbonyl (C=O) groups is 3. The number of nitrogens with zero attached hydrogens (tertiary/aromatic N) is 1. The zero-order valence-electron chi connectivity index (χ0n) is 15.7. The summed E-state index contributed by atoms with van der Waals surface area (Å²) < 4.78 is 5.25. The molecular formula is C18H31NO6. The molecule has 0 radical (unpaired) electrons. The number of amides is 1. The van der Waals surface area contributed by atoms with Crippen LogP contribution in [0.4, 0.5) is 4.79 Å². The predicted molar refractivity (Wildman–Crippen MR) is 92.4 cm³/mol. The molecule has 1 rings (SSSR count). The SMILES string of the molecule is CC(C(=O)O)N(C(=O)OC(C)(C)C)C(CCC1CCCCC1)C(=O)O. The molecule has 0 bridgehead atoms. The van der Waals surface area contributed by atoms with E-state index in [2.05, 4.69) is 0 Å². The third-order valence-corrected chi connectivity index (χ3v) is 4.57. The molecule has 2 unspecified atom stereocenters. The fourth-order valence-electron chi connectivity index (χ4n) is 3.24. The van der Waals surface area contributed by atoms with Gasteiger partial charge in [0.25, 0.3) is 0 Å². The minimum atomic E-state index is -1.28. The van der Waals surface area contributed by atoms with Crippen LogP contribution in [-0.4, -0.2) is 50.8 Å². The first-order valence-corrected chi connectivity index (χ1v) is 9.00. The van der Waals surface area contributed by atoms with Gasteiger partial charge in [-0.3, -0.25) is 4.90 Å². The Morgan fingerprint density at radius 1 is 1.08 bits per heavy atom. The highest BCUT2D eigenvalue weighted by Gasteiger charge is 2.39. The Kier molecular flexibility index (Phi) is 7.70. The zero-order chi connectivity index (χ0) is 19.2. The Bertz CT molecular complexity index is 478. The summed E-state index contributed by atoms with van der Waals surface area (Å²) in [6.45, 7) is 6.29. The maximum atomic E-state index is 12.5. The Balaban J connectivity index is 2.93. The lowest BCUT2D eigenvalue weighted by atomic mass is 9.85. The highest BCUT2D eigenvalue weighted by atomic mass is 16.6. The minimum absolute atomic E-state index is 0.233. The normalized spacial score (nSPS) is 18.2. The molecule has 1 fully saturated rings. The molecule has 0 spiro atoms. The second kappa shape index (κ2) is 9.06. The summed E-state index contributed by atoms with van der Waals surface area (Å²) in [6.07, 6.45) is 5.62. The van der Waals surface area contributed by atoms with Crippen LogP contribution in [-0.2, 0) is 14.3 Å². The topological polar surface area (TPSA) is 104 Å². The molecule has 2 atom stereocenters. The van der Waals surface area contributed by atoms with Crippen molar-refractivity contribution in [3.05, 3.63) is 0 Å². The van der Waals surface area contributed by atoms with Crippen molar-refractivity contribution in [1.82, 2.24) is 4.90 Å². The molecule has 1 saturated carbocycles. The maximum Gasteiger partial charge on any atom is 0.411 e. The predicted octanol–water partition coefficient (Wildman–Crippen LogP) is 3.51. The van der Waals surface area contributed by atoms with Gasteiger partial charge in [0.1, 0.15) is 17.7 Å². The van der Waals surface area contributed by atoms with Crippen LogP contribution in [0.15, 0.2) is 0 Å². The summed E-state index contributed by atoms with van der Waals surface area (Å²) >= 11 is 0. The summed E-state index contributed by atoms with van der Waals surface area (Å²) in [5.74, 6) is -2.01. The van der Waals surface area contributed by atoms with Gasteiger partial charge in [-0.1, -0.05) is 32.1 Å². The number of aliphatic carboxylic acids is 2. The van der Waals surface area contributed by atoms with E-state index in [9.17, 15) is 24.6 Å². The number of rotatable bonds is 7. The van der Waals surface area contributed by atoms with Gasteiger partial charge in [0, 0.05) is 0 Å². The molecule has 144 valence electrons. The van der Waals surface area contributed by atoms with Crippen LogP contribution in [0, 0.1) is 5.92 Å². The highest BCUT2D eigenvalue weighted by molar-refractivity contribution is 5.85. The van der Waals surface area contributed by atoms with Gasteiger partial charge >= 0.3 is 18.0 Å². The molecule has 0 aromatic carbocycles. The summed E-state index contributed by atoms with van der Waals surface area (Å²) in [6, 6.07) is -2.48. The summed E-state index contributed by atoms with van der Waals surface area (Å²) in [7, 11) is 0. The van der Waals surface area contributed by atoms with E-state index in [0.717, 1.165) is 30.6 Å². The van der Waals surface area contributed by atoms with E-state index in [1.807, 2.05) is 0 Å². The van der Waals surface area contributed by atoms with E-state index >= 15 is 0 Å². The Morgan fingerprint density at radius 3 is 2.08 bits per heavy atom. The van der Waals surface area contributed by atoms with E-state index in [1.165, 1.54) is 13.3 Å². The molecular weight excluding hydrogens is 326 g/mol. The van der Waals surface area contributed by atoms with Crippen molar-refractivity contribution in [1.29, 1.82) is 0 Å². The highest BCUT2D eigenvalue weighted by Crippen LogP contribution is 2.29. The lowest BCUT2D eigenvalue weighted by Gasteiger charge is -2.34. The largest absolute Gasteiger partial charge is 0.480 e. The first kappa shape index (κ1) is 21.3. The lowest BCUT2D eigenvalue weighted by Crippen LogP contribution is -2.54. The minimum Gasteiger partial charge on any atom is -0.480 e. The standard InChI is InChI=1S/C18H31NO6/c1-12(15(20)21)19(17(24)25-18(2,3)4)14(16(22)23)11-10-13-8-6-5-7-9-13/h12-14H,5-11H2,1-4H3,(H,20,21)(H,22,23). The molecule has 7 nitrogen and oxygen atoms in total. The Morgan fingerprint density at radius 2 is 1.64 bits per heavy atom. The van der Waals surface area contributed by atoms with Gasteiger partial charge in [0.05, 0.1) is 0 Å². The lowest BCUT2D eigenvalue weighted by molar-refractivity contribution is -0.150. The van der Waals surface area contributed by atoms with Gasteiger partial charge in [0.15, 0.2) is 0 Å². The number of hydrogen-bond donors (Lipinski definition) is 2. The van der Waals surface area contributed by atoms with Crippen molar-refractivity contribution in [2.75, 3.05) is 0 Å². The maximum absolute atomic E-state index is 12.5. The summed E-state index contributed by atoms with van der Waals surface area (Å²) in [5.41, 5.74) is -0.833. The number of hydrogen-bond acceptors (Lipinski definition) is 4. The molecule has 1 aliphatic rings. The van der Waals surface area contributed by atoms with Crippen LogP contribution in [0.2, 0.25) is 0 Å². The van der Waals surface area contributed by atoms with Crippen LogP contribution in [0.25, 0.3) is 0 Å². The van der Waals surface area contributed by atoms with Crippen LogP contribution in [0.5, 0.6) is 0 Å². The Labute approximate surface area is 149 Å². The van der Waals surface area contributed by atoms with Crippen LogP contribution < -0.4 is 0 Å². The molecule has 0 aliphatic heterocycles. The first-order chi connectivity index (χ1) is 11.5. The molecule has 0 saturated heterocycles. The third kappa shape index (κ3) is 6.92. The van der Waals surface area contributed by atoms with Crippen LogP contribution >= 0.6 is 0 Å². The van der Waals surface area contributed by atoms with Gasteiger partial charge in [-0.25, -0.2) is 14.4 Å². The van der Waals surface area contributed by atoms with Crippen molar-refractivity contribution in [2.45, 2.75) is 90.3 Å². The number of carbonyl (C=O) groups excluding carboxylic acids is 1. The van der Waals surface area contributed by atoms with Gasteiger partial charge in [-0.05, 0) is 46.5 Å². The molecule has 25 heavy (non-hydrogen) atoms. The van der Waals surface area contributed by atoms with Crippen molar-refractivity contribution in [3.8, 4) is 0 Å². The molecule has 0 aromatic rings. The van der Waals surface area contributed by atoms with Crippen molar-refractivity contribution in [2.24, 2.45) is 5.92 Å². The zero-order valence-corrected chi connectivity index (χ0v) is 15.7. The molecule has 0 aromatic heterocycles.